The number of imidazole rings is 1. The van der Waals surface area contributed by atoms with Crippen molar-refractivity contribution in [2.45, 2.75) is 39.4 Å². The largest absolute Gasteiger partial charge is 0.347 e. The average molecular weight is 392 g/mol. The van der Waals surface area contributed by atoms with E-state index in [-0.39, 0.29) is 47.9 Å². The highest BCUT2D eigenvalue weighted by Crippen LogP contribution is 2.52. The summed E-state index contributed by atoms with van der Waals surface area (Å²) in [4.78, 5) is 44.4. The van der Waals surface area contributed by atoms with Crippen molar-refractivity contribution >= 4 is 28.8 Å². The molecule has 1 aromatic carbocycles. The molecule has 2 bridgehead atoms. The number of carbonyl (C=O) groups excluding carboxylic acids is 3. The van der Waals surface area contributed by atoms with Crippen LogP contribution in [0.1, 0.15) is 26.1 Å². The lowest BCUT2D eigenvalue weighted by Crippen LogP contribution is -2.48. The summed E-state index contributed by atoms with van der Waals surface area (Å²) in [7, 11) is 0. The van der Waals surface area contributed by atoms with Gasteiger partial charge in [0.2, 0.25) is 17.7 Å². The van der Waals surface area contributed by atoms with Gasteiger partial charge in [0.05, 0.1) is 29.4 Å². The van der Waals surface area contributed by atoms with Crippen molar-refractivity contribution in [3.63, 3.8) is 0 Å². The number of amides is 3. The molecule has 0 unspecified atom stereocenters. The number of nitrogens with zero attached hydrogens (tertiary/aromatic N) is 3. The summed E-state index contributed by atoms with van der Waals surface area (Å²) in [5.41, 5.74) is 1.90. The third-order valence-electron chi connectivity index (χ3n) is 6.74. The maximum Gasteiger partial charge on any atom is 0.243 e. The summed E-state index contributed by atoms with van der Waals surface area (Å²) in [6.07, 6.45) is 5.00. The van der Waals surface area contributed by atoms with Crippen molar-refractivity contribution in [2.24, 2.45) is 23.7 Å². The molecule has 0 radical (unpaired) electrons. The zero-order chi connectivity index (χ0) is 20.3. The smallest absolute Gasteiger partial charge is 0.243 e. The Morgan fingerprint density at radius 3 is 2.48 bits per heavy atom. The lowest BCUT2D eigenvalue weighted by Gasteiger charge is -2.23. The number of fused-ring (bicyclic) bond motifs is 6. The van der Waals surface area contributed by atoms with E-state index < -0.39 is 6.04 Å². The Bertz CT molecular complexity index is 1030. The SMILES string of the molecule is CCn1c(CNC(=O)[C@H](C)N2C(=O)[C@@H]3[C@@H](C2=O)[C@H]2C=C[C@H]3C2)nc2ccccc21. The van der Waals surface area contributed by atoms with Crippen LogP contribution in [0.5, 0.6) is 0 Å². The number of imide groups is 1. The number of allylic oxidation sites excluding steroid dienone is 2. The molecule has 1 saturated heterocycles. The van der Waals surface area contributed by atoms with Gasteiger partial charge in [-0.3, -0.25) is 19.3 Å². The summed E-state index contributed by atoms with van der Waals surface area (Å²) in [5.74, 6) is -0.235. The van der Waals surface area contributed by atoms with Crippen molar-refractivity contribution < 1.29 is 14.4 Å². The Morgan fingerprint density at radius 2 is 1.83 bits per heavy atom. The quantitative estimate of drug-likeness (QED) is 0.622. The van der Waals surface area contributed by atoms with Gasteiger partial charge in [-0.15, -0.1) is 0 Å². The van der Waals surface area contributed by atoms with Gasteiger partial charge in [-0.05, 0) is 44.2 Å². The van der Waals surface area contributed by atoms with Gasteiger partial charge in [-0.25, -0.2) is 4.98 Å². The number of likely N-dealkylation sites (tertiary alicyclic amines) is 1. The Labute approximate surface area is 168 Å². The lowest BCUT2D eigenvalue weighted by molar-refractivity contribution is -0.148. The first-order valence-corrected chi connectivity index (χ1v) is 10.3. The first-order chi connectivity index (χ1) is 14.0. The van der Waals surface area contributed by atoms with Crippen LogP contribution in [-0.2, 0) is 27.5 Å². The predicted molar refractivity (Wildman–Crippen MR) is 106 cm³/mol. The molecule has 2 aromatic rings. The van der Waals surface area contributed by atoms with Gasteiger partial charge >= 0.3 is 0 Å². The first kappa shape index (κ1) is 18.1. The van der Waals surface area contributed by atoms with E-state index in [1.807, 2.05) is 31.2 Å². The average Bonchev–Trinajstić information content (AvgIpc) is 3.47. The van der Waals surface area contributed by atoms with Gasteiger partial charge in [-0.2, -0.15) is 0 Å². The molecule has 5 atom stereocenters. The molecule has 1 aromatic heterocycles. The second kappa shape index (κ2) is 6.54. The van der Waals surface area contributed by atoms with Crippen LogP contribution in [-0.4, -0.2) is 38.2 Å². The van der Waals surface area contributed by atoms with Gasteiger partial charge in [-0.1, -0.05) is 24.3 Å². The fourth-order valence-electron chi connectivity index (χ4n) is 5.35. The van der Waals surface area contributed by atoms with Crippen molar-refractivity contribution in [1.82, 2.24) is 19.8 Å². The molecule has 1 saturated carbocycles. The summed E-state index contributed by atoms with van der Waals surface area (Å²) < 4.78 is 2.06. The normalized spacial score (nSPS) is 28.4. The molecule has 3 amide bonds. The van der Waals surface area contributed by atoms with Crippen LogP contribution in [0.25, 0.3) is 11.0 Å². The van der Waals surface area contributed by atoms with Gasteiger partial charge < -0.3 is 9.88 Å². The van der Waals surface area contributed by atoms with Crippen LogP contribution < -0.4 is 5.32 Å². The number of carbonyl (C=O) groups is 3. The topological polar surface area (TPSA) is 84.3 Å². The highest BCUT2D eigenvalue weighted by Gasteiger charge is 2.60. The number of hydrogen-bond donors (Lipinski definition) is 1. The Kier molecular flexibility index (Phi) is 4.08. The third kappa shape index (κ3) is 2.56. The van der Waals surface area contributed by atoms with E-state index in [0.29, 0.717) is 0 Å². The van der Waals surface area contributed by atoms with Crippen LogP contribution in [0, 0.1) is 23.7 Å². The molecule has 2 fully saturated rings. The summed E-state index contributed by atoms with van der Waals surface area (Å²) in [6, 6.07) is 7.02. The molecule has 7 heteroatoms. The molecule has 29 heavy (non-hydrogen) atoms. The van der Waals surface area contributed by atoms with Crippen molar-refractivity contribution in [2.75, 3.05) is 0 Å². The first-order valence-electron chi connectivity index (χ1n) is 10.3. The second-order valence-corrected chi connectivity index (χ2v) is 8.20. The van der Waals surface area contributed by atoms with Crippen LogP contribution in [0.2, 0.25) is 0 Å². The molecule has 150 valence electrons. The number of nitrogens with one attached hydrogen (secondary N) is 1. The third-order valence-corrected chi connectivity index (χ3v) is 6.74. The number of benzene rings is 1. The molecule has 3 aliphatic rings. The highest BCUT2D eigenvalue weighted by molar-refractivity contribution is 6.09. The maximum atomic E-state index is 12.9. The van der Waals surface area contributed by atoms with E-state index in [0.717, 1.165) is 29.8 Å². The summed E-state index contributed by atoms with van der Waals surface area (Å²) in [5, 5.41) is 2.87. The minimum absolute atomic E-state index is 0.145. The zero-order valence-electron chi connectivity index (χ0n) is 16.5. The van der Waals surface area contributed by atoms with Crippen LogP contribution in [0.4, 0.5) is 0 Å². The molecule has 2 aliphatic carbocycles. The molecular weight excluding hydrogens is 368 g/mol. The van der Waals surface area contributed by atoms with Crippen LogP contribution in [0.3, 0.4) is 0 Å². The van der Waals surface area contributed by atoms with E-state index in [9.17, 15) is 14.4 Å². The molecular formula is C22H24N4O3. The minimum Gasteiger partial charge on any atom is -0.347 e. The summed E-state index contributed by atoms with van der Waals surface area (Å²) in [6.45, 7) is 4.65. The maximum absolute atomic E-state index is 12.9. The molecule has 7 nitrogen and oxygen atoms in total. The Hall–Kier alpha value is -2.96. The Morgan fingerprint density at radius 1 is 1.17 bits per heavy atom. The minimum atomic E-state index is -0.820. The number of para-hydroxylation sites is 2. The van der Waals surface area contributed by atoms with E-state index in [4.69, 9.17) is 0 Å². The van der Waals surface area contributed by atoms with Gasteiger partial charge in [0.15, 0.2) is 0 Å². The number of rotatable bonds is 5. The molecule has 0 spiro atoms. The number of aromatic nitrogens is 2. The van der Waals surface area contributed by atoms with Gasteiger partial charge in [0, 0.05) is 6.54 Å². The van der Waals surface area contributed by atoms with E-state index in [1.54, 1.807) is 6.92 Å². The number of aryl methyl sites for hydroxylation is 1. The van der Waals surface area contributed by atoms with Gasteiger partial charge in [0.25, 0.3) is 0 Å². The Balaban J connectivity index is 1.31. The number of hydrogen-bond acceptors (Lipinski definition) is 4. The fraction of sp³-hybridized carbons (Fsp3) is 0.455. The van der Waals surface area contributed by atoms with Gasteiger partial charge in [0.1, 0.15) is 11.9 Å². The van der Waals surface area contributed by atoms with Crippen LogP contribution in [0.15, 0.2) is 36.4 Å². The van der Waals surface area contributed by atoms with Crippen molar-refractivity contribution in [3.05, 3.63) is 42.2 Å². The van der Waals surface area contributed by atoms with E-state index >= 15 is 0 Å². The highest BCUT2D eigenvalue weighted by atomic mass is 16.2. The second-order valence-electron chi connectivity index (χ2n) is 8.20. The zero-order valence-corrected chi connectivity index (χ0v) is 16.5. The van der Waals surface area contributed by atoms with Crippen molar-refractivity contribution in [1.29, 1.82) is 0 Å². The molecule has 1 N–H and O–H groups in total. The van der Waals surface area contributed by atoms with Crippen molar-refractivity contribution in [3.8, 4) is 0 Å². The molecule has 5 rings (SSSR count). The fourth-order valence-corrected chi connectivity index (χ4v) is 5.35. The predicted octanol–water partition coefficient (Wildman–Crippen LogP) is 1.87. The molecule has 2 heterocycles. The summed E-state index contributed by atoms with van der Waals surface area (Å²) >= 11 is 0. The van der Waals surface area contributed by atoms with E-state index in [2.05, 4.69) is 27.0 Å². The standard InChI is InChI=1S/C22H24N4O3/c1-3-25-16-7-5-4-6-15(16)24-17(25)11-23-20(27)12(2)26-21(28)18-13-8-9-14(10-13)19(18)22(26)29/h4-9,12-14,18-19H,3,10-11H2,1-2H3,(H,23,27)/t12-,13-,14-,18-,19-/m0/s1. The van der Waals surface area contributed by atoms with E-state index in [1.165, 1.54) is 4.90 Å². The molecule has 1 aliphatic heterocycles. The monoisotopic (exact) mass is 392 g/mol. The van der Waals surface area contributed by atoms with Crippen LogP contribution >= 0.6 is 0 Å². The lowest BCUT2D eigenvalue weighted by atomic mass is 9.85.